The fourth-order valence-electron chi connectivity index (χ4n) is 1.58. The van der Waals surface area contributed by atoms with Gasteiger partial charge in [0.25, 0.3) is 0 Å². The standard InChI is InChI=1S/C13H14O.Cr/c1-2-12-8-13(12)10-14-9-11-6-4-3-5-7-11;/h2-7,12-13H,1,8-9H2;/t12-,13+;/m1./s1. The second-order valence-corrected chi connectivity index (χ2v) is 4.46. The summed E-state index contributed by atoms with van der Waals surface area (Å²) in [6, 6.07) is 10.2. The van der Waals surface area contributed by atoms with Crippen LogP contribution in [0.4, 0.5) is 0 Å². The molecule has 0 amide bonds. The minimum atomic E-state index is 0.561. The van der Waals surface area contributed by atoms with Crippen molar-refractivity contribution in [2.75, 3.05) is 0 Å². The molecule has 0 N–H and O–H groups in total. The molecular formula is C13H14CrO. The summed E-state index contributed by atoms with van der Waals surface area (Å²) in [6.45, 7) is 4.45. The summed E-state index contributed by atoms with van der Waals surface area (Å²) in [5.74, 6) is 1.18. The molecule has 0 heterocycles. The van der Waals surface area contributed by atoms with Crippen molar-refractivity contribution >= 4 is 4.57 Å². The van der Waals surface area contributed by atoms with Gasteiger partial charge in [0.2, 0.25) is 0 Å². The first-order chi connectivity index (χ1) is 7.31. The van der Waals surface area contributed by atoms with Gasteiger partial charge in [-0.2, -0.15) is 0 Å². The van der Waals surface area contributed by atoms with E-state index in [1.54, 1.807) is 0 Å². The van der Waals surface area contributed by atoms with Crippen LogP contribution < -0.4 is 0 Å². The van der Waals surface area contributed by atoms with Gasteiger partial charge in [0.15, 0.2) is 0 Å². The predicted octanol–water partition coefficient (Wildman–Crippen LogP) is 2.70. The fourth-order valence-corrected chi connectivity index (χ4v) is 2.10. The molecule has 2 atom stereocenters. The maximum absolute atomic E-state index is 5.70. The molecule has 0 spiro atoms. The topological polar surface area (TPSA) is 9.23 Å². The third-order valence-corrected chi connectivity index (χ3v) is 3.33. The summed E-state index contributed by atoms with van der Waals surface area (Å²) in [6.07, 6.45) is 3.19. The Hall–Kier alpha value is -0.678. The molecule has 1 saturated carbocycles. The first-order valence-electron chi connectivity index (χ1n) is 5.14. The van der Waals surface area contributed by atoms with Crippen LogP contribution in [0.25, 0.3) is 0 Å². The Kier molecular flexibility index (Phi) is 3.54. The van der Waals surface area contributed by atoms with Crippen LogP contribution >= 0.6 is 0 Å². The first kappa shape index (κ1) is 10.8. The van der Waals surface area contributed by atoms with Crippen LogP contribution in [0.1, 0.15) is 12.0 Å². The van der Waals surface area contributed by atoms with Crippen molar-refractivity contribution in [3.8, 4) is 0 Å². The average Bonchev–Trinajstić information content (AvgIpc) is 3.06. The van der Waals surface area contributed by atoms with Gasteiger partial charge in [0, 0.05) is 0 Å². The van der Waals surface area contributed by atoms with Gasteiger partial charge >= 0.3 is 98.6 Å². The SMILES string of the molecule is C=C[C@@H]1C[C@H]1[C](=[Cr])OCc1ccccc1. The van der Waals surface area contributed by atoms with Crippen LogP contribution in [0.3, 0.4) is 0 Å². The van der Waals surface area contributed by atoms with Crippen LogP contribution in [0.2, 0.25) is 0 Å². The number of benzene rings is 1. The number of hydrogen-bond acceptors (Lipinski definition) is 1. The van der Waals surface area contributed by atoms with Crippen LogP contribution in [0.15, 0.2) is 43.0 Å². The summed E-state index contributed by atoms with van der Waals surface area (Å²) in [5, 5.41) is 0. The molecular weight excluding hydrogens is 224 g/mol. The summed E-state index contributed by atoms with van der Waals surface area (Å²) in [4.78, 5) is 0. The molecule has 0 aliphatic heterocycles. The van der Waals surface area contributed by atoms with Crippen molar-refractivity contribution in [1.29, 1.82) is 0 Å². The zero-order valence-electron chi connectivity index (χ0n) is 8.56. The molecule has 0 radical (unpaired) electrons. The fraction of sp³-hybridized carbons (Fsp3) is 0.308. The molecule has 78 valence electrons. The molecule has 1 nitrogen and oxygen atoms in total. The summed E-state index contributed by atoms with van der Waals surface area (Å²) >= 11 is 3.02. The monoisotopic (exact) mass is 238 g/mol. The van der Waals surface area contributed by atoms with Gasteiger partial charge in [-0.15, -0.1) is 0 Å². The average molecular weight is 238 g/mol. The quantitative estimate of drug-likeness (QED) is 0.717. The zero-order valence-corrected chi connectivity index (χ0v) is 9.83. The molecule has 1 fully saturated rings. The van der Waals surface area contributed by atoms with Gasteiger partial charge in [-0.05, 0) is 0 Å². The Bertz CT molecular complexity index is 358. The molecule has 15 heavy (non-hydrogen) atoms. The molecule has 2 rings (SSSR count). The Morgan fingerprint density at radius 1 is 1.47 bits per heavy atom. The van der Waals surface area contributed by atoms with Gasteiger partial charge in [0.05, 0.1) is 0 Å². The number of ether oxygens (including phenoxy) is 1. The van der Waals surface area contributed by atoms with E-state index in [4.69, 9.17) is 4.74 Å². The number of allylic oxidation sites excluding steroid dienone is 1. The predicted molar refractivity (Wildman–Crippen MR) is 58.0 cm³/mol. The molecule has 2 heteroatoms. The van der Waals surface area contributed by atoms with E-state index in [0.717, 1.165) is 4.57 Å². The van der Waals surface area contributed by atoms with Gasteiger partial charge < -0.3 is 0 Å². The summed E-state index contributed by atoms with van der Waals surface area (Å²) in [7, 11) is 0. The van der Waals surface area contributed by atoms with Crippen LogP contribution in [0, 0.1) is 11.8 Å². The van der Waals surface area contributed by atoms with Crippen LogP contribution in [0.5, 0.6) is 0 Å². The first-order valence-corrected chi connectivity index (χ1v) is 5.78. The number of rotatable bonds is 5. The Morgan fingerprint density at radius 2 is 2.20 bits per heavy atom. The van der Waals surface area contributed by atoms with Crippen molar-refractivity contribution in [2.24, 2.45) is 11.8 Å². The Morgan fingerprint density at radius 3 is 2.80 bits per heavy atom. The van der Waals surface area contributed by atoms with Crippen molar-refractivity contribution in [1.82, 2.24) is 0 Å². The second kappa shape index (κ2) is 4.90. The molecule has 0 unspecified atom stereocenters. The van der Waals surface area contributed by atoms with E-state index >= 15 is 0 Å². The van der Waals surface area contributed by atoms with Crippen molar-refractivity contribution in [3.05, 3.63) is 48.6 Å². The van der Waals surface area contributed by atoms with Gasteiger partial charge in [-0.1, -0.05) is 0 Å². The molecule has 1 aliphatic rings. The van der Waals surface area contributed by atoms with Crippen molar-refractivity contribution in [3.63, 3.8) is 0 Å². The van der Waals surface area contributed by atoms with Crippen molar-refractivity contribution < 1.29 is 20.6 Å². The molecule has 1 aromatic rings. The molecule has 0 saturated heterocycles. The van der Waals surface area contributed by atoms with Gasteiger partial charge in [-0.3, -0.25) is 0 Å². The van der Waals surface area contributed by atoms with E-state index in [-0.39, 0.29) is 0 Å². The van der Waals surface area contributed by atoms with E-state index < -0.39 is 0 Å². The van der Waals surface area contributed by atoms with E-state index in [0.29, 0.717) is 18.4 Å². The van der Waals surface area contributed by atoms with E-state index in [2.05, 4.69) is 34.6 Å². The normalized spacial score (nSPS) is 23.5. The molecule has 1 aliphatic carbocycles. The van der Waals surface area contributed by atoms with Gasteiger partial charge in [0.1, 0.15) is 0 Å². The van der Waals surface area contributed by atoms with Crippen molar-refractivity contribution in [2.45, 2.75) is 13.0 Å². The summed E-state index contributed by atoms with van der Waals surface area (Å²) < 4.78 is 6.73. The third-order valence-electron chi connectivity index (χ3n) is 2.67. The Balaban J connectivity index is 1.79. The van der Waals surface area contributed by atoms with Crippen LogP contribution in [-0.2, 0) is 27.2 Å². The van der Waals surface area contributed by atoms with E-state index in [1.807, 2.05) is 24.3 Å². The molecule has 0 aromatic heterocycles. The second-order valence-electron chi connectivity index (χ2n) is 3.84. The van der Waals surface area contributed by atoms with Gasteiger partial charge in [-0.25, -0.2) is 0 Å². The van der Waals surface area contributed by atoms with E-state index in [9.17, 15) is 0 Å². The number of hydrogen-bond donors (Lipinski definition) is 0. The maximum atomic E-state index is 5.70. The third kappa shape index (κ3) is 2.89. The molecule has 0 bridgehead atoms. The molecule has 1 aromatic carbocycles. The zero-order chi connectivity index (χ0) is 10.7. The van der Waals surface area contributed by atoms with E-state index in [1.165, 1.54) is 12.0 Å². The Labute approximate surface area is 98.7 Å². The summed E-state index contributed by atoms with van der Waals surface area (Å²) in [5.41, 5.74) is 1.21. The minimum absolute atomic E-state index is 0.561. The van der Waals surface area contributed by atoms with Crippen LogP contribution in [-0.4, -0.2) is 4.57 Å².